The van der Waals surface area contributed by atoms with E-state index in [-0.39, 0.29) is 68.3 Å². The quantitative estimate of drug-likeness (QED) is 0.135. The first-order valence-electron chi connectivity index (χ1n) is 9.28. The lowest BCUT2D eigenvalue weighted by Crippen LogP contribution is -2.21. The Kier molecular flexibility index (Phi) is 7.91. The summed E-state index contributed by atoms with van der Waals surface area (Å²) in [6, 6.07) is 6.57. The Balaban J connectivity index is 1.68. The minimum absolute atomic E-state index is 0.00982. The summed E-state index contributed by atoms with van der Waals surface area (Å²) in [6.45, 7) is 0. The zero-order chi connectivity index (χ0) is 25.6. The zero-order valence-electron chi connectivity index (χ0n) is 16.7. The van der Waals surface area contributed by atoms with E-state index < -0.39 is 5.91 Å². The van der Waals surface area contributed by atoms with E-state index in [1.165, 1.54) is 6.21 Å². The van der Waals surface area contributed by atoms with Crippen molar-refractivity contribution in [3.05, 3.63) is 86.7 Å². The van der Waals surface area contributed by atoms with Gasteiger partial charge in [0.05, 0.1) is 62.7 Å². The van der Waals surface area contributed by atoms with Gasteiger partial charge in [-0.1, -0.05) is 92.8 Å². The number of aliphatic imine (C=N–C) groups is 2. The number of hydrogen-bond acceptors (Lipinski definition) is 4. The van der Waals surface area contributed by atoms with Crippen molar-refractivity contribution in [2.24, 2.45) is 9.98 Å². The molecule has 0 saturated heterocycles. The summed E-state index contributed by atoms with van der Waals surface area (Å²) in [5.41, 5.74) is 1.59. The normalized spacial score (nSPS) is 14.1. The van der Waals surface area contributed by atoms with Crippen molar-refractivity contribution in [1.82, 2.24) is 5.32 Å². The summed E-state index contributed by atoms with van der Waals surface area (Å²) < 4.78 is 0. The third kappa shape index (κ3) is 4.77. The number of benzene rings is 3. The van der Waals surface area contributed by atoms with Crippen LogP contribution in [0.5, 0.6) is 0 Å². The molecule has 0 unspecified atom stereocenters. The van der Waals surface area contributed by atoms with Crippen LogP contribution in [0.1, 0.15) is 31.8 Å². The summed E-state index contributed by atoms with van der Waals surface area (Å²) in [4.78, 5) is 32.6. The number of nitrogens with one attached hydrogen (secondary N) is 1. The molecule has 0 fully saturated rings. The molecule has 3 aromatic carbocycles. The Morgan fingerprint density at radius 1 is 0.629 bits per heavy atom. The van der Waals surface area contributed by atoms with Gasteiger partial charge >= 0.3 is 0 Å². The van der Waals surface area contributed by atoms with Crippen LogP contribution in [0.3, 0.4) is 0 Å². The molecule has 1 heterocycles. The monoisotopic (exact) mass is 625 g/mol. The number of carbonyl (C=O) groups excluding carboxylic acids is 2. The molecular weight excluding hydrogens is 622 g/mol. The first-order valence-corrected chi connectivity index (χ1v) is 12.3. The number of aldehydes is 1. The summed E-state index contributed by atoms with van der Waals surface area (Å²) >= 11 is 49.1. The second kappa shape index (κ2) is 10.4. The molecule has 0 atom stereocenters. The second-order valence-corrected chi connectivity index (χ2v) is 9.92. The van der Waals surface area contributed by atoms with Crippen LogP contribution in [0.4, 0.5) is 11.4 Å². The van der Waals surface area contributed by atoms with Crippen LogP contribution >= 0.6 is 92.8 Å². The van der Waals surface area contributed by atoms with Crippen LogP contribution in [0.2, 0.25) is 40.2 Å². The molecule has 5 nitrogen and oxygen atoms in total. The maximum absolute atomic E-state index is 12.4. The van der Waals surface area contributed by atoms with Crippen LogP contribution in [-0.4, -0.2) is 24.2 Å². The number of amidine groups is 1. The molecule has 35 heavy (non-hydrogen) atoms. The van der Waals surface area contributed by atoms with Gasteiger partial charge in [-0.05, 0) is 24.3 Å². The van der Waals surface area contributed by atoms with Gasteiger partial charge in [-0.3, -0.25) is 14.6 Å². The van der Waals surface area contributed by atoms with Crippen molar-refractivity contribution in [2.45, 2.75) is 0 Å². The zero-order valence-corrected chi connectivity index (χ0v) is 22.7. The molecule has 0 aromatic heterocycles. The van der Waals surface area contributed by atoms with Crippen molar-refractivity contribution in [3.63, 3.8) is 0 Å². The number of hydrogen-bond donors (Lipinski definition) is 1. The molecule has 1 aliphatic heterocycles. The van der Waals surface area contributed by atoms with Crippen LogP contribution in [0.25, 0.3) is 0 Å². The molecule has 178 valence electrons. The molecule has 0 radical (unpaired) electrons. The van der Waals surface area contributed by atoms with Gasteiger partial charge in [0, 0.05) is 17.3 Å². The molecule has 1 amide bonds. The third-order valence-electron chi connectivity index (χ3n) is 4.86. The lowest BCUT2D eigenvalue weighted by atomic mass is 10.1. The summed E-state index contributed by atoms with van der Waals surface area (Å²) in [5.74, 6) is -0.340. The lowest BCUT2D eigenvalue weighted by Gasteiger charge is -2.09. The molecule has 4 rings (SSSR count). The fourth-order valence-corrected chi connectivity index (χ4v) is 5.18. The Morgan fingerprint density at radius 3 is 1.69 bits per heavy atom. The largest absolute Gasteiger partial charge is 0.306 e. The molecule has 1 aliphatic rings. The van der Waals surface area contributed by atoms with Crippen LogP contribution in [-0.2, 0) is 0 Å². The number of carbonyl (C=O) groups is 2. The standard InChI is InChI=1S/C22H7Cl8N3O2/c23-13-9(10(6-34)14(24)18(28)17(13)27)5-31-7-1-3-8(4-2-7)32-21-11-12(22(35)33-21)16(26)20(30)19(29)15(11)25/h1-6H,(H,32,33,35). The number of amides is 1. The molecule has 0 spiro atoms. The average molecular weight is 629 g/mol. The topological polar surface area (TPSA) is 70.9 Å². The van der Waals surface area contributed by atoms with Crippen molar-refractivity contribution in [2.75, 3.05) is 0 Å². The highest BCUT2D eigenvalue weighted by Gasteiger charge is 2.34. The van der Waals surface area contributed by atoms with Gasteiger partial charge in [-0.2, -0.15) is 0 Å². The maximum Gasteiger partial charge on any atom is 0.259 e. The van der Waals surface area contributed by atoms with Crippen molar-refractivity contribution < 1.29 is 9.59 Å². The van der Waals surface area contributed by atoms with Crippen molar-refractivity contribution >= 4 is 128 Å². The van der Waals surface area contributed by atoms with Crippen LogP contribution in [0.15, 0.2) is 34.3 Å². The summed E-state index contributed by atoms with van der Waals surface area (Å²) in [7, 11) is 0. The smallest absolute Gasteiger partial charge is 0.259 e. The Labute approximate surface area is 238 Å². The number of halogens is 8. The predicted molar refractivity (Wildman–Crippen MR) is 146 cm³/mol. The summed E-state index contributed by atoms with van der Waals surface area (Å²) in [6.07, 6.45) is 1.86. The van der Waals surface area contributed by atoms with E-state index in [4.69, 9.17) is 92.8 Å². The molecule has 13 heteroatoms. The van der Waals surface area contributed by atoms with E-state index in [1.54, 1.807) is 24.3 Å². The SMILES string of the molecule is O=Cc1c(Cl)c(Cl)c(Cl)c(Cl)c1C=Nc1ccc(N=C2NC(=O)c3c(Cl)c(Cl)c(Cl)c(Cl)c32)cc1. The van der Waals surface area contributed by atoms with E-state index in [9.17, 15) is 9.59 Å². The van der Waals surface area contributed by atoms with Gasteiger partial charge in [0.15, 0.2) is 6.29 Å². The van der Waals surface area contributed by atoms with Gasteiger partial charge in [-0.25, -0.2) is 4.99 Å². The number of rotatable bonds is 4. The van der Waals surface area contributed by atoms with E-state index in [0.717, 1.165) is 0 Å². The average Bonchev–Trinajstić information content (AvgIpc) is 3.17. The third-order valence-corrected chi connectivity index (χ3v) is 8.49. The maximum atomic E-state index is 12.4. The molecule has 0 bridgehead atoms. The molecule has 0 saturated carbocycles. The Morgan fingerprint density at radius 2 is 1.11 bits per heavy atom. The number of nitrogens with zero attached hydrogens (tertiary/aromatic N) is 2. The highest BCUT2D eigenvalue weighted by molar-refractivity contribution is 6.55. The Hall–Kier alpha value is -1.54. The van der Waals surface area contributed by atoms with Gasteiger partial charge in [-0.15, -0.1) is 0 Å². The molecule has 1 N–H and O–H groups in total. The fraction of sp³-hybridized carbons (Fsp3) is 0. The lowest BCUT2D eigenvalue weighted by molar-refractivity contribution is 0.0983. The minimum Gasteiger partial charge on any atom is -0.306 e. The van der Waals surface area contributed by atoms with Crippen LogP contribution in [0, 0.1) is 0 Å². The van der Waals surface area contributed by atoms with E-state index in [0.29, 0.717) is 17.7 Å². The Bertz CT molecular complexity index is 1480. The van der Waals surface area contributed by atoms with Gasteiger partial charge in [0.25, 0.3) is 5.91 Å². The number of fused-ring (bicyclic) bond motifs is 1. The van der Waals surface area contributed by atoms with E-state index in [2.05, 4.69) is 15.3 Å². The van der Waals surface area contributed by atoms with Crippen LogP contribution < -0.4 is 5.32 Å². The van der Waals surface area contributed by atoms with Gasteiger partial charge < -0.3 is 5.32 Å². The highest BCUT2D eigenvalue weighted by atomic mass is 35.5. The van der Waals surface area contributed by atoms with Gasteiger partial charge in [0.1, 0.15) is 5.84 Å². The first kappa shape index (κ1) is 26.5. The highest BCUT2D eigenvalue weighted by Crippen LogP contribution is 2.44. The van der Waals surface area contributed by atoms with Crippen molar-refractivity contribution in [1.29, 1.82) is 0 Å². The minimum atomic E-state index is -0.506. The van der Waals surface area contributed by atoms with E-state index in [1.807, 2.05) is 0 Å². The van der Waals surface area contributed by atoms with E-state index >= 15 is 0 Å². The fourth-order valence-electron chi connectivity index (χ4n) is 3.17. The second-order valence-electron chi connectivity index (χ2n) is 6.90. The first-order chi connectivity index (χ1) is 16.6. The van der Waals surface area contributed by atoms with Gasteiger partial charge in [0.2, 0.25) is 0 Å². The molecule has 0 aliphatic carbocycles. The summed E-state index contributed by atoms with van der Waals surface area (Å²) in [5, 5.41) is 2.65. The van der Waals surface area contributed by atoms with Crippen molar-refractivity contribution in [3.8, 4) is 0 Å². The molecule has 3 aromatic rings. The predicted octanol–water partition coefficient (Wildman–Crippen LogP) is 9.30. The molecular formula is C22H7Cl8N3O2.